The number of methoxy groups -OCH3 is 1. The molecule has 1 N–H and O–H groups in total. The van der Waals surface area contributed by atoms with Gasteiger partial charge in [0.2, 0.25) is 0 Å². The summed E-state index contributed by atoms with van der Waals surface area (Å²) >= 11 is 1.67. The lowest BCUT2D eigenvalue weighted by molar-refractivity contribution is 0.107. The number of likely N-dealkylation sites (N-methyl/N-ethyl adjacent to an activating group) is 1. The van der Waals surface area contributed by atoms with Crippen molar-refractivity contribution in [2.24, 2.45) is 0 Å². The first-order valence-corrected chi connectivity index (χ1v) is 12.6. The largest absolute Gasteiger partial charge is 0.497 e. The SMILES string of the molecule is CCN(CC)CCN(Cc1cccs1)C(=O)Nc1cccc(COCc2ccc(OC)cc2)c1. The number of nitrogens with zero attached hydrogens (tertiary/aromatic N) is 2. The predicted octanol–water partition coefficient (Wildman–Crippen LogP) is 5.85. The van der Waals surface area contributed by atoms with E-state index in [0.717, 1.165) is 42.2 Å². The van der Waals surface area contributed by atoms with Gasteiger partial charge in [-0.15, -0.1) is 11.3 Å². The fourth-order valence-electron chi connectivity index (χ4n) is 3.59. The summed E-state index contributed by atoms with van der Waals surface area (Å²) in [5.74, 6) is 0.831. The second kappa shape index (κ2) is 13.7. The van der Waals surface area contributed by atoms with Crippen LogP contribution in [0.2, 0.25) is 0 Å². The molecule has 0 bridgehead atoms. The van der Waals surface area contributed by atoms with E-state index in [0.29, 0.717) is 26.3 Å². The highest BCUT2D eigenvalue weighted by molar-refractivity contribution is 7.09. The van der Waals surface area contributed by atoms with E-state index < -0.39 is 0 Å². The second-order valence-corrected chi connectivity index (χ2v) is 9.03. The lowest BCUT2D eigenvalue weighted by Gasteiger charge is -2.26. The van der Waals surface area contributed by atoms with Crippen molar-refractivity contribution in [3.63, 3.8) is 0 Å². The molecule has 0 aliphatic rings. The van der Waals surface area contributed by atoms with Gasteiger partial charge < -0.3 is 24.6 Å². The van der Waals surface area contributed by atoms with E-state index in [1.807, 2.05) is 64.9 Å². The highest BCUT2D eigenvalue weighted by atomic mass is 32.1. The number of benzene rings is 2. The number of nitrogens with one attached hydrogen (secondary N) is 1. The molecule has 0 spiro atoms. The molecule has 3 aromatic rings. The molecule has 0 saturated heterocycles. The Morgan fingerprint density at radius 1 is 0.941 bits per heavy atom. The van der Waals surface area contributed by atoms with Crippen molar-refractivity contribution < 1.29 is 14.3 Å². The van der Waals surface area contributed by atoms with Crippen molar-refractivity contribution >= 4 is 23.1 Å². The Balaban J connectivity index is 1.56. The zero-order valence-electron chi connectivity index (χ0n) is 20.3. The van der Waals surface area contributed by atoms with Gasteiger partial charge in [-0.3, -0.25) is 0 Å². The number of rotatable bonds is 13. The van der Waals surface area contributed by atoms with Crippen molar-refractivity contribution in [3.8, 4) is 5.75 Å². The molecule has 0 aliphatic heterocycles. The molecule has 1 aromatic heterocycles. The van der Waals surface area contributed by atoms with Crippen molar-refractivity contribution in [2.45, 2.75) is 33.6 Å². The zero-order valence-corrected chi connectivity index (χ0v) is 21.1. The van der Waals surface area contributed by atoms with Crippen LogP contribution in [0, 0.1) is 0 Å². The van der Waals surface area contributed by atoms with Gasteiger partial charge in [0.1, 0.15) is 5.75 Å². The molecule has 0 atom stereocenters. The van der Waals surface area contributed by atoms with Crippen molar-refractivity contribution in [3.05, 3.63) is 82.0 Å². The monoisotopic (exact) mass is 481 g/mol. The third-order valence-electron chi connectivity index (χ3n) is 5.67. The number of thiophene rings is 1. The van der Waals surface area contributed by atoms with E-state index in [1.54, 1.807) is 18.4 Å². The Morgan fingerprint density at radius 3 is 2.38 bits per heavy atom. The van der Waals surface area contributed by atoms with E-state index >= 15 is 0 Å². The maximum atomic E-state index is 13.2. The molecule has 2 amide bonds. The topological polar surface area (TPSA) is 54.0 Å². The maximum Gasteiger partial charge on any atom is 0.322 e. The van der Waals surface area contributed by atoms with Crippen LogP contribution in [0.3, 0.4) is 0 Å². The summed E-state index contributed by atoms with van der Waals surface area (Å²) in [7, 11) is 1.66. The molecule has 1 heterocycles. The van der Waals surface area contributed by atoms with E-state index in [4.69, 9.17) is 9.47 Å². The number of ether oxygens (including phenoxy) is 2. The van der Waals surface area contributed by atoms with Gasteiger partial charge in [0.25, 0.3) is 0 Å². The molecule has 6 nitrogen and oxygen atoms in total. The molecule has 3 rings (SSSR count). The van der Waals surface area contributed by atoms with Crippen molar-refractivity contribution in [1.29, 1.82) is 0 Å². The van der Waals surface area contributed by atoms with Crippen LogP contribution in [0.1, 0.15) is 29.9 Å². The molecule has 7 heteroatoms. The van der Waals surface area contributed by atoms with Gasteiger partial charge in [-0.05, 0) is 59.9 Å². The first kappa shape index (κ1) is 25.7. The van der Waals surface area contributed by atoms with Crippen LogP contribution >= 0.6 is 11.3 Å². The standard InChI is InChI=1S/C27H35N3O3S/c1-4-29(5-2)15-16-30(19-26-10-7-17-34-26)27(31)28-24-9-6-8-23(18-24)21-33-20-22-11-13-25(32-3)14-12-22/h6-14,17-18H,4-5,15-16,19-21H2,1-3H3,(H,28,31). The van der Waals surface area contributed by atoms with Gasteiger partial charge in [-0.25, -0.2) is 4.79 Å². The summed E-state index contributed by atoms with van der Waals surface area (Å²) in [5.41, 5.74) is 2.87. The van der Waals surface area contributed by atoms with Gasteiger partial charge in [-0.1, -0.05) is 44.2 Å². The molecule has 0 unspecified atom stereocenters. The Kier molecular flexibility index (Phi) is 10.4. The molecule has 182 valence electrons. The van der Waals surface area contributed by atoms with Crippen LogP contribution in [-0.4, -0.2) is 49.1 Å². The van der Waals surface area contributed by atoms with Crippen LogP contribution in [-0.2, 0) is 24.5 Å². The number of carbonyl (C=O) groups excluding carboxylic acids is 1. The Labute approximate surface area is 207 Å². The van der Waals surface area contributed by atoms with Crippen LogP contribution in [0.5, 0.6) is 5.75 Å². The maximum absolute atomic E-state index is 13.2. The first-order chi connectivity index (χ1) is 16.6. The van der Waals surface area contributed by atoms with Gasteiger partial charge >= 0.3 is 6.03 Å². The Morgan fingerprint density at radius 2 is 1.71 bits per heavy atom. The smallest absolute Gasteiger partial charge is 0.322 e. The minimum atomic E-state index is -0.0862. The Bertz CT molecular complexity index is 989. The molecule has 0 fully saturated rings. The molecule has 0 saturated carbocycles. The van der Waals surface area contributed by atoms with E-state index in [1.165, 1.54) is 4.88 Å². The molecule has 0 radical (unpaired) electrons. The fraction of sp³-hybridized carbons (Fsp3) is 0.370. The molecular formula is C27H35N3O3S. The molecule has 2 aromatic carbocycles. The van der Waals surface area contributed by atoms with Crippen molar-refractivity contribution in [1.82, 2.24) is 9.80 Å². The summed E-state index contributed by atoms with van der Waals surface area (Å²) < 4.78 is 11.1. The van der Waals surface area contributed by atoms with Crippen LogP contribution in [0.15, 0.2) is 66.0 Å². The predicted molar refractivity (Wildman–Crippen MR) is 139 cm³/mol. The van der Waals surface area contributed by atoms with Gasteiger partial charge in [-0.2, -0.15) is 0 Å². The molecule has 34 heavy (non-hydrogen) atoms. The lowest BCUT2D eigenvalue weighted by atomic mass is 10.2. The normalized spacial score (nSPS) is 10.9. The minimum absolute atomic E-state index is 0.0862. The minimum Gasteiger partial charge on any atom is -0.497 e. The average molecular weight is 482 g/mol. The average Bonchev–Trinajstić information content (AvgIpc) is 3.38. The van der Waals surface area contributed by atoms with E-state index in [2.05, 4.69) is 30.1 Å². The highest BCUT2D eigenvalue weighted by Gasteiger charge is 2.16. The summed E-state index contributed by atoms with van der Waals surface area (Å²) in [6.45, 7) is 9.37. The van der Waals surface area contributed by atoms with Gasteiger partial charge in [0, 0.05) is 23.7 Å². The molecular weight excluding hydrogens is 446 g/mol. The highest BCUT2D eigenvalue weighted by Crippen LogP contribution is 2.17. The third kappa shape index (κ3) is 8.17. The number of anilines is 1. The first-order valence-electron chi connectivity index (χ1n) is 11.7. The third-order valence-corrected chi connectivity index (χ3v) is 6.53. The summed E-state index contributed by atoms with van der Waals surface area (Å²) in [4.78, 5) is 18.5. The van der Waals surface area contributed by atoms with E-state index in [-0.39, 0.29) is 6.03 Å². The number of amides is 2. The fourth-order valence-corrected chi connectivity index (χ4v) is 4.31. The van der Waals surface area contributed by atoms with Crippen LogP contribution < -0.4 is 10.1 Å². The van der Waals surface area contributed by atoms with Crippen LogP contribution in [0.4, 0.5) is 10.5 Å². The lowest BCUT2D eigenvalue weighted by Crippen LogP contribution is -2.40. The number of urea groups is 1. The van der Waals surface area contributed by atoms with Crippen LogP contribution in [0.25, 0.3) is 0 Å². The molecule has 0 aliphatic carbocycles. The summed E-state index contributed by atoms with van der Waals surface area (Å²) in [6.07, 6.45) is 0. The van der Waals surface area contributed by atoms with Gasteiger partial charge in [0.05, 0.1) is 26.9 Å². The summed E-state index contributed by atoms with van der Waals surface area (Å²) in [6, 6.07) is 19.7. The number of hydrogen-bond donors (Lipinski definition) is 1. The van der Waals surface area contributed by atoms with E-state index in [9.17, 15) is 4.79 Å². The quantitative estimate of drug-likeness (QED) is 0.333. The zero-order chi connectivity index (χ0) is 24.2. The van der Waals surface area contributed by atoms with Crippen molar-refractivity contribution in [2.75, 3.05) is 38.6 Å². The number of hydrogen-bond acceptors (Lipinski definition) is 5. The van der Waals surface area contributed by atoms with Gasteiger partial charge in [0.15, 0.2) is 0 Å². The second-order valence-electron chi connectivity index (χ2n) is 8.00. The summed E-state index contributed by atoms with van der Waals surface area (Å²) in [5, 5.41) is 5.13. The Hall–Kier alpha value is -2.87. The number of carbonyl (C=O) groups is 1.